The minimum atomic E-state index is -0.791. The largest absolute Gasteiger partial charge is 0.481 e. The molecule has 2 aromatic heterocycles. The van der Waals surface area contributed by atoms with Crippen LogP contribution in [0.3, 0.4) is 0 Å². The third-order valence-electron chi connectivity index (χ3n) is 5.34. The molecule has 3 heterocycles. The van der Waals surface area contributed by atoms with Crippen LogP contribution in [-0.4, -0.2) is 31.9 Å². The summed E-state index contributed by atoms with van der Waals surface area (Å²) in [5, 5.41) is 12.0. The number of hydrogen-bond acceptors (Lipinski definition) is 5. The number of rotatable bonds is 10. The van der Waals surface area contributed by atoms with E-state index >= 15 is 0 Å². The number of nitrogens with zero attached hydrogens (tertiary/aromatic N) is 3. The van der Waals surface area contributed by atoms with Gasteiger partial charge in [-0.15, -0.1) is 0 Å². The van der Waals surface area contributed by atoms with E-state index in [1.807, 2.05) is 6.92 Å². The van der Waals surface area contributed by atoms with E-state index in [1.165, 1.54) is 0 Å². The minimum Gasteiger partial charge on any atom is -0.481 e. The fourth-order valence-corrected chi connectivity index (χ4v) is 3.68. The lowest BCUT2D eigenvalue weighted by Gasteiger charge is -2.16. The van der Waals surface area contributed by atoms with Gasteiger partial charge in [0.15, 0.2) is 0 Å². The molecular weight excluding hydrogens is 368 g/mol. The molecule has 0 saturated heterocycles. The Labute approximate surface area is 171 Å². The Morgan fingerprint density at radius 1 is 1.14 bits per heavy atom. The maximum Gasteiger partial charge on any atom is 0.303 e. The van der Waals surface area contributed by atoms with Crippen molar-refractivity contribution in [3.8, 4) is 0 Å². The van der Waals surface area contributed by atoms with Gasteiger partial charge in [0.05, 0.1) is 6.42 Å². The van der Waals surface area contributed by atoms with E-state index < -0.39 is 5.97 Å². The predicted molar refractivity (Wildman–Crippen MR) is 110 cm³/mol. The van der Waals surface area contributed by atoms with Crippen LogP contribution in [0.25, 0.3) is 0 Å². The molecule has 1 aliphatic rings. The number of carbonyl (C=O) groups excluding carboxylic acids is 1. The molecular formula is C22H28N4O3. The first-order chi connectivity index (χ1) is 14.0. The Morgan fingerprint density at radius 2 is 1.90 bits per heavy atom. The zero-order valence-electron chi connectivity index (χ0n) is 16.9. The molecule has 3 rings (SSSR count). The number of hydrogen-bond donors (Lipinski definition) is 2. The standard InChI is InChI=1S/C22H28N4O3/c1-15-23-13-18(14-24-15)17(12-21(28)29)6-4-2-3-5-7-19-10-8-16-9-11-20(27)26-22(16)25-19/h8,10,13-14,17H,2-7,9,11-12H2,1H3,(H,28,29)(H,25,26,27)/t17-/m0/s1. The number of nitrogens with one attached hydrogen (secondary N) is 1. The average Bonchev–Trinajstić information content (AvgIpc) is 2.69. The highest BCUT2D eigenvalue weighted by Gasteiger charge is 2.17. The number of aromatic nitrogens is 3. The summed E-state index contributed by atoms with van der Waals surface area (Å²) in [4.78, 5) is 35.7. The molecule has 0 aromatic carbocycles. The molecule has 0 radical (unpaired) electrons. The van der Waals surface area contributed by atoms with Crippen molar-refractivity contribution in [2.75, 3.05) is 5.32 Å². The van der Waals surface area contributed by atoms with E-state index in [9.17, 15) is 14.7 Å². The molecule has 2 N–H and O–H groups in total. The average molecular weight is 396 g/mol. The maximum absolute atomic E-state index is 11.5. The van der Waals surface area contributed by atoms with Crippen molar-refractivity contribution in [2.45, 2.75) is 70.6 Å². The summed E-state index contributed by atoms with van der Waals surface area (Å²) in [5.74, 6) is 0.617. The third kappa shape index (κ3) is 6.34. The summed E-state index contributed by atoms with van der Waals surface area (Å²) in [6, 6.07) is 4.12. The number of unbranched alkanes of at least 4 members (excludes halogenated alkanes) is 3. The summed E-state index contributed by atoms with van der Waals surface area (Å²) in [6.07, 6.45) is 10.7. The van der Waals surface area contributed by atoms with Crippen LogP contribution < -0.4 is 5.32 Å². The number of fused-ring (bicyclic) bond motifs is 1. The summed E-state index contributed by atoms with van der Waals surface area (Å²) in [6.45, 7) is 1.82. The van der Waals surface area contributed by atoms with Gasteiger partial charge >= 0.3 is 5.97 Å². The van der Waals surface area contributed by atoms with Crippen LogP contribution in [0.15, 0.2) is 24.5 Å². The second-order valence-electron chi connectivity index (χ2n) is 7.67. The predicted octanol–water partition coefficient (Wildman–Crippen LogP) is 3.82. The molecule has 1 amide bonds. The fraction of sp³-hybridized carbons (Fsp3) is 0.500. The fourth-order valence-electron chi connectivity index (χ4n) is 3.68. The van der Waals surface area contributed by atoms with E-state index in [1.54, 1.807) is 12.4 Å². The smallest absolute Gasteiger partial charge is 0.303 e. The quantitative estimate of drug-likeness (QED) is 0.592. The number of amides is 1. The summed E-state index contributed by atoms with van der Waals surface area (Å²) in [7, 11) is 0. The molecule has 29 heavy (non-hydrogen) atoms. The van der Waals surface area contributed by atoms with Crippen molar-refractivity contribution >= 4 is 17.7 Å². The van der Waals surface area contributed by atoms with Gasteiger partial charge in [-0.05, 0) is 55.7 Å². The number of aryl methyl sites for hydroxylation is 3. The highest BCUT2D eigenvalue weighted by atomic mass is 16.4. The van der Waals surface area contributed by atoms with Crippen LogP contribution in [0, 0.1) is 6.92 Å². The maximum atomic E-state index is 11.5. The molecule has 0 saturated carbocycles. The summed E-state index contributed by atoms with van der Waals surface area (Å²) >= 11 is 0. The summed E-state index contributed by atoms with van der Waals surface area (Å²) < 4.78 is 0. The molecule has 7 nitrogen and oxygen atoms in total. The van der Waals surface area contributed by atoms with E-state index in [0.29, 0.717) is 12.2 Å². The number of anilines is 1. The number of carbonyl (C=O) groups is 2. The highest BCUT2D eigenvalue weighted by Crippen LogP contribution is 2.26. The van der Waals surface area contributed by atoms with Crippen molar-refractivity contribution in [1.82, 2.24) is 15.0 Å². The van der Waals surface area contributed by atoms with Crippen molar-refractivity contribution in [3.63, 3.8) is 0 Å². The minimum absolute atomic E-state index is 0.0389. The molecule has 154 valence electrons. The number of aliphatic carboxylic acids is 1. The van der Waals surface area contributed by atoms with Crippen LogP contribution >= 0.6 is 0 Å². The summed E-state index contributed by atoms with van der Waals surface area (Å²) in [5.41, 5.74) is 3.02. The van der Waals surface area contributed by atoms with E-state index in [2.05, 4.69) is 32.4 Å². The highest BCUT2D eigenvalue weighted by molar-refractivity contribution is 5.92. The van der Waals surface area contributed by atoms with Crippen LogP contribution in [0.4, 0.5) is 5.82 Å². The Morgan fingerprint density at radius 3 is 2.66 bits per heavy atom. The molecule has 0 aliphatic carbocycles. The topological polar surface area (TPSA) is 105 Å². The van der Waals surface area contributed by atoms with Gasteiger partial charge in [-0.1, -0.05) is 25.3 Å². The normalized spacial score (nSPS) is 14.2. The molecule has 7 heteroatoms. The van der Waals surface area contributed by atoms with Gasteiger partial charge < -0.3 is 10.4 Å². The Balaban J connectivity index is 1.41. The third-order valence-corrected chi connectivity index (χ3v) is 5.34. The first-order valence-corrected chi connectivity index (χ1v) is 10.3. The number of carboxylic acids is 1. The van der Waals surface area contributed by atoms with Gasteiger partial charge in [-0.25, -0.2) is 15.0 Å². The Bertz CT molecular complexity index is 852. The molecule has 0 spiro atoms. The lowest BCUT2D eigenvalue weighted by Crippen LogP contribution is -2.20. The van der Waals surface area contributed by atoms with Gasteiger partial charge in [0, 0.05) is 24.5 Å². The molecule has 0 bridgehead atoms. The van der Waals surface area contributed by atoms with Gasteiger partial charge in [0.25, 0.3) is 0 Å². The van der Waals surface area contributed by atoms with Crippen molar-refractivity contribution in [1.29, 1.82) is 0 Å². The number of pyridine rings is 1. The first kappa shape index (κ1) is 20.9. The molecule has 0 unspecified atom stereocenters. The van der Waals surface area contributed by atoms with Crippen LogP contribution in [0.5, 0.6) is 0 Å². The van der Waals surface area contributed by atoms with Crippen LogP contribution in [-0.2, 0) is 22.4 Å². The van der Waals surface area contributed by atoms with E-state index in [0.717, 1.165) is 67.6 Å². The molecule has 1 aliphatic heterocycles. The SMILES string of the molecule is Cc1ncc([C@@H](CCCCCCc2ccc3c(n2)NC(=O)CC3)CC(=O)O)cn1. The van der Waals surface area contributed by atoms with Crippen LogP contribution in [0.1, 0.15) is 73.5 Å². The number of carboxylic acid groups (broad SMARTS) is 1. The molecule has 0 fully saturated rings. The van der Waals surface area contributed by atoms with Crippen molar-refractivity contribution < 1.29 is 14.7 Å². The molecule has 1 atom stereocenters. The monoisotopic (exact) mass is 396 g/mol. The Kier molecular flexibility index (Phi) is 7.27. The van der Waals surface area contributed by atoms with Gasteiger partial charge in [-0.3, -0.25) is 9.59 Å². The van der Waals surface area contributed by atoms with E-state index in [4.69, 9.17) is 0 Å². The van der Waals surface area contributed by atoms with Crippen LogP contribution in [0.2, 0.25) is 0 Å². The van der Waals surface area contributed by atoms with Gasteiger partial charge in [0.1, 0.15) is 11.6 Å². The second kappa shape index (κ2) is 10.1. The van der Waals surface area contributed by atoms with Crippen molar-refractivity contribution in [2.24, 2.45) is 0 Å². The zero-order valence-corrected chi connectivity index (χ0v) is 16.9. The van der Waals surface area contributed by atoms with Gasteiger partial charge in [0.2, 0.25) is 5.91 Å². The molecule has 2 aromatic rings. The van der Waals surface area contributed by atoms with E-state index in [-0.39, 0.29) is 18.2 Å². The first-order valence-electron chi connectivity index (χ1n) is 10.3. The lowest BCUT2D eigenvalue weighted by molar-refractivity contribution is -0.137. The van der Waals surface area contributed by atoms with Crippen molar-refractivity contribution in [3.05, 3.63) is 47.2 Å². The Hall–Kier alpha value is -2.83. The van der Waals surface area contributed by atoms with Gasteiger partial charge in [-0.2, -0.15) is 0 Å². The second-order valence-corrected chi connectivity index (χ2v) is 7.67. The lowest BCUT2D eigenvalue weighted by atomic mass is 9.92. The zero-order chi connectivity index (χ0) is 20.6.